The minimum atomic E-state index is 0.838. The molecule has 0 aliphatic rings. The molecule has 1 aromatic rings. The lowest BCUT2D eigenvalue weighted by atomic mass is 10.1. The minimum absolute atomic E-state index is 0.838. The van der Waals surface area contributed by atoms with Gasteiger partial charge in [0.15, 0.2) is 0 Å². The average molecular weight is 234 g/mol. The Balaban J connectivity index is 2.20. The molecule has 0 aliphatic heterocycles. The van der Waals surface area contributed by atoms with Crippen LogP contribution in [0, 0.1) is 0 Å². The van der Waals surface area contributed by atoms with Gasteiger partial charge in [-0.15, -0.1) is 0 Å². The van der Waals surface area contributed by atoms with E-state index < -0.39 is 0 Å². The fourth-order valence-corrected chi connectivity index (χ4v) is 2.09. The molecule has 2 nitrogen and oxygen atoms in total. The van der Waals surface area contributed by atoms with E-state index >= 15 is 0 Å². The van der Waals surface area contributed by atoms with E-state index in [1.807, 2.05) is 0 Å². The Morgan fingerprint density at radius 2 is 1.59 bits per heavy atom. The Labute approximate surface area is 106 Å². The van der Waals surface area contributed by atoms with Crippen LogP contribution in [-0.4, -0.2) is 19.6 Å². The van der Waals surface area contributed by atoms with Crippen LogP contribution in [0.25, 0.3) is 0 Å². The molecule has 2 N–H and O–H groups in total. The lowest BCUT2D eigenvalue weighted by Gasteiger charge is -2.23. The predicted molar refractivity (Wildman–Crippen MR) is 76.5 cm³/mol. The number of nitrogens with zero attached hydrogens (tertiary/aromatic N) is 1. The van der Waals surface area contributed by atoms with Crippen molar-refractivity contribution in [2.75, 3.05) is 24.5 Å². The predicted octanol–water partition coefficient (Wildman–Crippen LogP) is 3.42. The monoisotopic (exact) mass is 234 g/mol. The third-order valence-corrected chi connectivity index (χ3v) is 3.14. The molecule has 0 fully saturated rings. The SMILES string of the molecule is CCN(CCCCCCCN)c1ccccc1. The number of hydrogen-bond donors (Lipinski definition) is 1. The molecular formula is C15H26N2. The molecule has 0 unspecified atom stereocenters. The molecule has 17 heavy (non-hydrogen) atoms. The topological polar surface area (TPSA) is 29.3 Å². The number of para-hydroxylation sites is 1. The molecule has 0 spiro atoms. The lowest BCUT2D eigenvalue weighted by molar-refractivity contribution is 0.610. The molecule has 0 radical (unpaired) electrons. The van der Waals surface area contributed by atoms with Gasteiger partial charge in [0.2, 0.25) is 0 Å². The van der Waals surface area contributed by atoms with Gasteiger partial charge in [-0.05, 0) is 38.4 Å². The van der Waals surface area contributed by atoms with E-state index in [0.29, 0.717) is 0 Å². The second-order valence-corrected chi connectivity index (χ2v) is 4.47. The van der Waals surface area contributed by atoms with Crippen molar-refractivity contribution in [2.45, 2.75) is 39.0 Å². The van der Waals surface area contributed by atoms with Gasteiger partial charge in [-0.3, -0.25) is 0 Å². The van der Waals surface area contributed by atoms with Crippen LogP contribution in [-0.2, 0) is 0 Å². The summed E-state index contributed by atoms with van der Waals surface area (Å²) in [4.78, 5) is 2.45. The van der Waals surface area contributed by atoms with E-state index in [1.165, 1.54) is 44.3 Å². The van der Waals surface area contributed by atoms with Gasteiger partial charge in [-0.25, -0.2) is 0 Å². The average Bonchev–Trinajstić information content (AvgIpc) is 2.39. The second kappa shape index (κ2) is 9.06. The number of unbranched alkanes of at least 4 members (excludes halogenated alkanes) is 4. The molecule has 0 saturated heterocycles. The zero-order valence-electron chi connectivity index (χ0n) is 11.1. The van der Waals surface area contributed by atoms with Gasteiger partial charge in [0, 0.05) is 18.8 Å². The van der Waals surface area contributed by atoms with Crippen LogP contribution in [0.2, 0.25) is 0 Å². The zero-order valence-corrected chi connectivity index (χ0v) is 11.1. The molecule has 0 aliphatic carbocycles. The first-order valence-corrected chi connectivity index (χ1v) is 6.88. The summed E-state index contributed by atoms with van der Waals surface area (Å²) in [6, 6.07) is 10.7. The van der Waals surface area contributed by atoms with Crippen LogP contribution in [0.4, 0.5) is 5.69 Å². The van der Waals surface area contributed by atoms with E-state index in [2.05, 4.69) is 42.2 Å². The molecule has 0 heterocycles. The van der Waals surface area contributed by atoms with Crippen molar-refractivity contribution in [2.24, 2.45) is 5.73 Å². The van der Waals surface area contributed by atoms with Gasteiger partial charge in [0.1, 0.15) is 0 Å². The van der Waals surface area contributed by atoms with Gasteiger partial charge in [-0.2, -0.15) is 0 Å². The number of nitrogens with two attached hydrogens (primary N) is 1. The van der Waals surface area contributed by atoms with Gasteiger partial charge in [0.25, 0.3) is 0 Å². The van der Waals surface area contributed by atoms with Gasteiger partial charge in [-0.1, -0.05) is 37.5 Å². The van der Waals surface area contributed by atoms with E-state index in [9.17, 15) is 0 Å². The summed E-state index contributed by atoms with van der Waals surface area (Å²) in [6.45, 7) is 5.32. The summed E-state index contributed by atoms with van der Waals surface area (Å²) in [6.07, 6.45) is 6.39. The molecule has 0 atom stereocenters. The third-order valence-electron chi connectivity index (χ3n) is 3.14. The smallest absolute Gasteiger partial charge is 0.0366 e. The van der Waals surface area contributed by atoms with E-state index in [0.717, 1.165) is 13.1 Å². The summed E-state index contributed by atoms with van der Waals surface area (Å²) < 4.78 is 0. The van der Waals surface area contributed by atoms with E-state index in [-0.39, 0.29) is 0 Å². The quantitative estimate of drug-likeness (QED) is 0.663. The van der Waals surface area contributed by atoms with Crippen LogP contribution in [0.15, 0.2) is 30.3 Å². The van der Waals surface area contributed by atoms with Gasteiger partial charge >= 0.3 is 0 Å². The van der Waals surface area contributed by atoms with Crippen LogP contribution in [0.5, 0.6) is 0 Å². The molecule has 0 amide bonds. The Bertz CT molecular complexity index is 272. The number of benzene rings is 1. The molecule has 1 aromatic carbocycles. The first-order chi connectivity index (χ1) is 8.38. The first-order valence-electron chi connectivity index (χ1n) is 6.88. The summed E-state index contributed by atoms with van der Waals surface area (Å²) in [7, 11) is 0. The van der Waals surface area contributed by atoms with Crippen LogP contribution >= 0.6 is 0 Å². The molecule has 0 bridgehead atoms. The van der Waals surface area contributed by atoms with Crippen molar-refractivity contribution in [3.8, 4) is 0 Å². The Morgan fingerprint density at radius 1 is 0.941 bits per heavy atom. The number of hydrogen-bond acceptors (Lipinski definition) is 2. The molecular weight excluding hydrogens is 208 g/mol. The standard InChI is InChI=1S/C15H26N2/c1-2-17(15-11-7-6-8-12-15)14-10-5-3-4-9-13-16/h6-8,11-12H,2-5,9-10,13-14,16H2,1H3. The van der Waals surface area contributed by atoms with Crippen molar-refractivity contribution in [1.82, 2.24) is 0 Å². The highest BCUT2D eigenvalue weighted by Gasteiger charge is 2.02. The highest BCUT2D eigenvalue weighted by atomic mass is 15.1. The molecule has 1 rings (SSSR count). The maximum atomic E-state index is 5.48. The maximum absolute atomic E-state index is 5.48. The fraction of sp³-hybridized carbons (Fsp3) is 0.600. The third kappa shape index (κ3) is 5.73. The largest absolute Gasteiger partial charge is 0.372 e. The number of rotatable bonds is 9. The van der Waals surface area contributed by atoms with Crippen LogP contribution in [0.1, 0.15) is 39.0 Å². The molecule has 2 heteroatoms. The highest BCUT2D eigenvalue weighted by Crippen LogP contribution is 2.14. The minimum Gasteiger partial charge on any atom is -0.372 e. The first kappa shape index (κ1) is 14.0. The molecule has 0 saturated carbocycles. The normalized spacial score (nSPS) is 10.5. The summed E-state index contributed by atoms with van der Waals surface area (Å²) in [5.41, 5.74) is 6.83. The van der Waals surface area contributed by atoms with Crippen molar-refractivity contribution < 1.29 is 0 Å². The maximum Gasteiger partial charge on any atom is 0.0366 e. The van der Waals surface area contributed by atoms with Crippen molar-refractivity contribution in [3.63, 3.8) is 0 Å². The van der Waals surface area contributed by atoms with E-state index in [4.69, 9.17) is 5.73 Å². The van der Waals surface area contributed by atoms with Crippen LogP contribution in [0.3, 0.4) is 0 Å². The summed E-state index contributed by atoms with van der Waals surface area (Å²) in [5.74, 6) is 0. The fourth-order valence-electron chi connectivity index (χ4n) is 2.09. The molecule has 0 aromatic heterocycles. The summed E-state index contributed by atoms with van der Waals surface area (Å²) in [5, 5.41) is 0. The molecule has 96 valence electrons. The van der Waals surface area contributed by atoms with Crippen LogP contribution < -0.4 is 10.6 Å². The Hall–Kier alpha value is -1.02. The van der Waals surface area contributed by atoms with Gasteiger partial charge < -0.3 is 10.6 Å². The number of anilines is 1. The van der Waals surface area contributed by atoms with Crippen molar-refractivity contribution in [1.29, 1.82) is 0 Å². The van der Waals surface area contributed by atoms with E-state index in [1.54, 1.807) is 0 Å². The van der Waals surface area contributed by atoms with Crippen molar-refractivity contribution in [3.05, 3.63) is 30.3 Å². The summed E-state index contributed by atoms with van der Waals surface area (Å²) >= 11 is 0. The van der Waals surface area contributed by atoms with Crippen molar-refractivity contribution >= 4 is 5.69 Å². The highest BCUT2D eigenvalue weighted by molar-refractivity contribution is 5.45. The zero-order chi connectivity index (χ0) is 12.3. The van der Waals surface area contributed by atoms with Gasteiger partial charge in [0.05, 0.1) is 0 Å². The Morgan fingerprint density at radius 3 is 2.24 bits per heavy atom. The Kier molecular flexibility index (Phi) is 7.48. The lowest BCUT2D eigenvalue weighted by Crippen LogP contribution is -2.23. The second-order valence-electron chi connectivity index (χ2n) is 4.47.